The number of hydrogen-bond acceptors (Lipinski definition) is 6. The highest BCUT2D eigenvalue weighted by atomic mass is 19.4. The van der Waals surface area contributed by atoms with Crippen LogP contribution >= 0.6 is 0 Å². The number of aliphatic carboxylic acids is 1. The molecule has 0 bridgehead atoms. The number of fused-ring (bicyclic) bond motifs is 1. The number of carboxylic acid groups (broad SMARTS) is 1. The van der Waals surface area contributed by atoms with E-state index < -0.39 is 30.1 Å². The van der Waals surface area contributed by atoms with Crippen molar-refractivity contribution in [3.8, 4) is 11.5 Å². The van der Waals surface area contributed by atoms with E-state index in [1.165, 1.54) is 6.07 Å². The molecule has 2 atom stereocenters. The van der Waals surface area contributed by atoms with E-state index in [0.717, 1.165) is 22.9 Å². The summed E-state index contributed by atoms with van der Waals surface area (Å²) in [5.74, 6) is -1.43. The highest BCUT2D eigenvalue weighted by Gasteiger charge is 2.29. The minimum atomic E-state index is -4.44. The molecular formula is C31H39F3N3O5-. The van der Waals surface area contributed by atoms with Crippen molar-refractivity contribution in [3.63, 3.8) is 0 Å². The zero-order chi connectivity index (χ0) is 31.1. The topological polar surface area (TPSA) is 119 Å². The number of nitrogens with one attached hydrogen (secondary N) is 1. The maximum atomic E-state index is 12.5. The Morgan fingerprint density at radius 2 is 1.74 bits per heavy atom. The van der Waals surface area contributed by atoms with Crippen molar-refractivity contribution in [2.75, 3.05) is 19.8 Å². The number of rotatable bonds is 16. The molecule has 2 aromatic carbocycles. The molecule has 0 saturated carbocycles. The lowest BCUT2D eigenvalue weighted by Crippen LogP contribution is -2.42. The summed E-state index contributed by atoms with van der Waals surface area (Å²) in [4.78, 5) is 23.8. The summed E-state index contributed by atoms with van der Waals surface area (Å²) in [6.45, 7) is 7.08. The molecule has 230 valence electrons. The predicted octanol–water partition coefficient (Wildman–Crippen LogP) is 4.47. The Hall–Kier alpha value is -3.73. The zero-order valence-corrected chi connectivity index (χ0v) is 24.4. The predicted molar refractivity (Wildman–Crippen MR) is 152 cm³/mol. The number of benzene rings is 2. The fraction of sp³-hybridized carbons (Fsp3) is 0.484. The average molecular weight is 591 g/mol. The molecule has 0 radical (unpaired) electrons. The van der Waals surface area contributed by atoms with Gasteiger partial charge >= 0.3 is 6.18 Å². The number of hydrogen-bond donors (Lipinski definition) is 2. The number of ether oxygens (including phenoxy) is 2. The molecule has 3 aromatic rings. The van der Waals surface area contributed by atoms with E-state index in [1.54, 1.807) is 38.1 Å². The van der Waals surface area contributed by atoms with Crippen LogP contribution in [0.3, 0.4) is 0 Å². The first-order chi connectivity index (χ1) is 19.7. The number of alkyl halides is 3. The molecule has 1 amide bonds. The number of carbonyl (C=O) groups excluding carboxylic acids is 2. The van der Waals surface area contributed by atoms with Crippen molar-refractivity contribution in [1.82, 2.24) is 9.88 Å². The summed E-state index contributed by atoms with van der Waals surface area (Å²) in [6.07, 6.45) is -0.526. The molecule has 0 fully saturated rings. The molecule has 0 aliphatic heterocycles. The first-order valence-electron chi connectivity index (χ1n) is 14.0. The number of aryl methyl sites for hydroxylation is 1. The van der Waals surface area contributed by atoms with Crippen molar-refractivity contribution >= 4 is 22.8 Å². The molecule has 0 aliphatic carbocycles. The Morgan fingerprint density at radius 3 is 2.36 bits per heavy atom. The molecule has 1 unspecified atom stereocenters. The highest BCUT2D eigenvalue weighted by Crippen LogP contribution is 2.31. The summed E-state index contributed by atoms with van der Waals surface area (Å²) in [7, 11) is 0. The average Bonchev–Trinajstić information content (AvgIpc) is 3.31. The summed E-state index contributed by atoms with van der Waals surface area (Å²) >= 11 is 0. The van der Waals surface area contributed by atoms with Gasteiger partial charge in [0.2, 0.25) is 0 Å². The lowest BCUT2D eigenvalue weighted by Gasteiger charge is -2.32. The van der Waals surface area contributed by atoms with E-state index in [-0.39, 0.29) is 30.1 Å². The van der Waals surface area contributed by atoms with Crippen molar-refractivity contribution in [2.45, 2.75) is 65.7 Å². The fourth-order valence-corrected chi connectivity index (χ4v) is 4.77. The molecule has 11 heteroatoms. The Labute approximate surface area is 244 Å². The van der Waals surface area contributed by atoms with Gasteiger partial charge in [0.25, 0.3) is 5.91 Å². The van der Waals surface area contributed by atoms with Crippen LogP contribution in [-0.4, -0.2) is 48.4 Å². The fourth-order valence-electron chi connectivity index (χ4n) is 4.77. The van der Waals surface area contributed by atoms with Crippen LogP contribution in [0, 0.1) is 11.3 Å². The monoisotopic (exact) mass is 590 g/mol. The number of carbonyl (C=O) groups is 2. The van der Waals surface area contributed by atoms with E-state index in [9.17, 15) is 27.9 Å². The standard InChI is InChI=1S/C31H40F3N3O5/c1-20(30(3,4)29(39)40)8-7-13-37-14-11-23-17-22(18-24(27(23)37)28(35)38)16-21(2)36-12-15-41-25-9-5-6-10-26(25)42-19-31(32,33)34/h5-6,9-11,14,17-18,20-21,36H,7-8,12-13,15-16,19H2,1-4H3,(H2,35,38)(H,39,40)/p-1/t20-,21?/m1/s1. The van der Waals surface area contributed by atoms with E-state index in [4.69, 9.17) is 15.2 Å². The molecule has 8 nitrogen and oxygen atoms in total. The number of para-hydroxylation sites is 2. The number of carboxylic acids is 1. The van der Waals surface area contributed by atoms with E-state index in [0.29, 0.717) is 31.5 Å². The SMILES string of the molecule is CC(Cc1cc(C(N)=O)c2c(ccn2CCC[C@@H](C)C(C)(C)C(=O)[O-])c1)NCCOc1ccccc1OCC(F)(F)F. The highest BCUT2D eigenvalue weighted by molar-refractivity contribution is 6.05. The van der Waals surface area contributed by atoms with Gasteiger partial charge < -0.3 is 35.0 Å². The van der Waals surface area contributed by atoms with E-state index in [2.05, 4.69) is 5.32 Å². The van der Waals surface area contributed by atoms with Gasteiger partial charge in [0, 0.05) is 42.1 Å². The maximum Gasteiger partial charge on any atom is 0.422 e. The number of halogens is 3. The first kappa shape index (κ1) is 32.8. The second-order valence-electron chi connectivity index (χ2n) is 11.3. The quantitative estimate of drug-likeness (QED) is 0.238. The number of aromatic nitrogens is 1. The minimum Gasteiger partial charge on any atom is -0.550 e. The van der Waals surface area contributed by atoms with Crippen LogP contribution in [0.25, 0.3) is 10.9 Å². The molecule has 3 N–H and O–H groups in total. The van der Waals surface area contributed by atoms with Gasteiger partial charge in [-0.25, -0.2) is 0 Å². The van der Waals surface area contributed by atoms with Crippen molar-refractivity contribution in [1.29, 1.82) is 0 Å². The maximum absolute atomic E-state index is 12.5. The van der Waals surface area contributed by atoms with Crippen molar-refractivity contribution in [3.05, 3.63) is 59.8 Å². The Morgan fingerprint density at radius 1 is 1.07 bits per heavy atom. The molecule has 3 rings (SSSR count). The first-order valence-corrected chi connectivity index (χ1v) is 14.0. The molecule has 1 aromatic heterocycles. The molecule has 42 heavy (non-hydrogen) atoms. The zero-order valence-electron chi connectivity index (χ0n) is 24.4. The normalized spacial score (nSPS) is 13.6. The second-order valence-corrected chi connectivity index (χ2v) is 11.3. The summed E-state index contributed by atoms with van der Waals surface area (Å²) in [5, 5.41) is 15.6. The third-order valence-electron chi connectivity index (χ3n) is 7.61. The Balaban J connectivity index is 1.58. The van der Waals surface area contributed by atoms with E-state index in [1.807, 2.05) is 36.7 Å². The van der Waals surface area contributed by atoms with Gasteiger partial charge in [-0.15, -0.1) is 0 Å². The van der Waals surface area contributed by atoms with Crippen LogP contribution < -0.4 is 25.6 Å². The Bertz CT molecular complexity index is 1370. The summed E-state index contributed by atoms with van der Waals surface area (Å²) < 4.78 is 50.0. The van der Waals surface area contributed by atoms with Gasteiger partial charge in [0.05, 0.1) is 11.1 Å². The third-order valence-corrected chi connectivity index (χ3v) is 7.61. The lowest BCUT2D eigenvalue weighted by molar-refractivity contribution is -0.320. The second kappa shape index (κ2) is 14.0. The number of primary amides is 1. The molecule has 0 saturated heterocycles. The van der Waals surface area contributed by atoms with Crippen LogP contribution in [0.1, 0.15) is 56.5 Å². The number of nitrogens with zero attached hydrogens (tertiary/aromatic N) is 1. The van der Waals surface area contributed by atoms with Crippen LogP contribution in [0.2, 0.25) is 0 Å². The Kier molecular flexibility index (Phi) is 10.9. The summed E-state index contributed by atoms with van der Waals surface area (Å²) in [6, 6.07) is 12.0. The van der Waals surface area contributed by atoms with Crippen molar-refractivity contribution < 1.29 is 37.3 Å². The number of amides is 1. The number of nitrogens with two attached hydrogens (primary N) is 1. The minimum absolute atomic E-state index is 0.000785. The van der Waals surface area contributed by atoms with Gasteiger partial charge in [-0.1, -0.05) is 32.9 Å². The molecule has 0 aliphatic rings. The van der Waals surface area contributed by atoms with Gasteiger partial charge in [-0.05, 0) is 68.0 Å². The van der Waals surface area contributed by atoms with E-state index >= 15 is 0 Å². The van der Waals surface area contributed by atoms with Gasteiger partial charge in [0.15, 0.2) is 18.1 Å². The van der Waals surface area contributed by atoms with Gasteiger partial charge in [0.1, 0.15) is 6.61 Å². The van der Waals surface area contributed by atoms with Gasteiger partial charge in [-0.2, -0.15) is 13.2 Å². The smallest absolute Gasteiger partial charge is 0.422 e. The molecule has 1 heterocycles. The largest absolute Gasteiger partial charge is 0.550 e. The lowest BCUT2D eigenvalue weighted by atomic mass is 9.77. The van der Waals surface area contributed by atoms with Gasteiger partial charge in [-0.3, -0.25) is 4.79 Å². The third kappa shape index (κ3) is 8.88. The van der Waals surface area contributed by atoms with Crippen molar-refractivity contribution in [2.24, 2.45) is 17.1 Å². The molecular weight excluding hydrogens is 551 g/mol. The molecule has 0 spiro atoms. The van der Waals surface area contributed by atoms with Crippen LogP contribution in [0.4, 0.5) is 13.2 Å². The van der Waals surface area contributed by atoms with Crippen LogP contribution in [0.15, 0.2) is 48.7 Å². The van der Waals surface area contributed by atoms with Crippen LogP contribution in [0.5, 0.6) is 11.5 Å². The summed E-state index contributed by atoms with van der Waals surface area (Å²) in [5.41, 5.74) is 6.91. The van der Waals surface area contributed by atoms with Crippen LogP contribution in [-0.2, 0) is 17.8 Å².